The monoisotopic (exact) mass is 186 g/mol. The molecule has 0 saturated heterocycles. The molecule has 0 aliphatic heterocycles. The molecule has 0 saturated carbocycles. The van der Waals surface area contributed by atoms with Gasteiger partial charge in [-0.2, -0.15) is 0 Å². The highest BCUT2D eigenvalue weighted by Gasteiger charge is 2.01. The van der Waals surface area contributed by atoms with Crippen molar-refractivity contribution in [3.8, 4) is 0 Å². The van der Waals surface area contributed by atoms with E-state index in [-0.39, 0.29) is 0 Å². The topological polar surface area (TPSA) is 15.3 Å². The van der Waals surface area contributed by atoms with Crippen LogP contribution in [0.1, 0.15) is 40.0 Å². The van der Waals surface area contributed by atoms with Gasteiger partial charge in [-0.25, -0.2) is 0 Å². The molecule has 0 aromatic rings. The van der Waals surface area contributed by atoms with Crippen LogP contribution in [0.3, 0.4) is 0 Å². The van der Waals surface area contributed by atoms with E-state index in [0.717, 1.165) is 12.6 Å². The van der Waals surface area contributed by atoms with Crippen molar-refractivity contribution < 1.29 is 0 Å². The normalized spacial score (nSPS) is 11.5. The predicted octanol–water partition coefficient (Wildman–Crippen LogP) is 2.11. The van der Waals surface area contributed by atoms with E-state index in [9.17, 15) is 0 Å². The molecule has 2 nitrogen and oxygen atoms in total. The van der Waals surface area contributed by atoms with Gasteiger partial charge < -0.3 is 10.2 Å². The maximum atomic E-state index is 3.57. The summed E-state index contributed by atoms with van der Waals surface area (Å²) in [7, 11) is 2.19. The van der Waals surface area contributed by atoms with E-state index in [1.165, 1.54) is 32.4 Å². The smallest absolute Gasteiger partial charge is 0.0104 e. The SMILES string of the molecule is CCCN(C)CCNC(CC)CC. The largest absolute Gasteiger partial charge is 0.313 e. The highest BCUT2D eigenvalue weighted by molar-refractivity contribution is 4.63. The van der Waals surface area contributed by atoms with Crippen LogP contribution < -0.4 is 5.32 Å². The Morgan fingerprint density at radius 1 is 1.08 bits per heavy atom. The van der Waals surface area contributed by atoms with E-state index in [1.54, 1.807) is 0 Å². The third kappa shape index (κ3) is 7.03. The fourth-order valence-electron chi connectivity index (χ4n) is 1.53. The minimum atomic E-state index is 0.718. The molecule has 2 heteroatoms. The van der Waals surface area contributed by atoms with E-state index in [1.807, 2.05) is 0 Å². The zero-order valence-corrected chi connectivity index (χ0v) is 9.77. The van der Waals surface area contributed by atoms with Gasteiger partial charge in [-0.15, -0.1) is 0 Å². The van der Waals surface area contributed by atoms with Crippen molar-refractivity contribution >= 4 is 0 Å². The molecule has 0 aliphatic carbocycles. The molecule has 0 unspecified atom stereocenters. The summed E-state index contributed by atoms with van der Waals surface area (Å²) in [4.78, 5) is 2.38. The zero-order chi connectivity index (χ0) is 10.1. The highest BCUT2D eigenvalue weighted by atomic mass is 15.1. The average molecular weight is 186 g/mol. The lowest BCUT2D eigenvalue weighted by Crippen LogP contribution is -2.35. The Morgan fingerprint density at radius 2 is 1.69 bits per heavy atom. The maximum absolute atomic E-state index is 3.57. The van der Waals surface area contributed by atoms with E-state index >= 15 is 0 Å². The maximum Gasteiger partial charge on any atom is 0.0104 e. The number of hydrogen-bond acceptors (Lipinski definition) is 2. The summed E-state index contributed by atoms with van der Waals surface area (Å²) in [5.74, 6) is 0. The Kier molecular flexibility index (Phi) is 8.46. The second-order valence-electron chi connectivity index (χ2n) is 3.77. The van der Waals surface area contributed by atoms with Gasteiger partial charge in [0.1, 0.15) is 0 Å². The zero-order valence-electron chi connectivity index (χ0n) is 9.77. The van der Waals surface area contributed by atoms with Gasteiger partial charge in [0, 0.05) is 19.1 Å². The molecule has 0 heterocycles. The number of nitrogens with one attached hydrogen (secondary N) is 1. The summed E-state index contributed by atoms with van der Waals surface area (Å²) in [5, 5.41) is 3.57. The standard InChI is InChI=1S/C11H26N2/c1-5-9-13(4)10-8-12-11(6-2)7-3/h11-12H,5-10H2,1-4H3. The molecule has 80 valence electrons. The molecule has 1 N–H and O–H groups in total. The first-order valence-corrected chi connectivity index (χ1v) is 5.66. The lowest BCUT2D eigenvalue weighted by molar-refractivity contribution is 0.321. The minimum Gasteiger partial charge on any atom is -0.313 e. The number of likely N-dealkylation sites (N-methyl/N-ethyl adjacent to an activating group) is 1. The van der Waals surface area contributed by atoms with Gasteiger partial charge in [0.15, 0.2) is 0 Å². The van der Waals surface area contributed by atoms with Gasteiger partial charge in [0.2, 0.25) is 0 Å². The summed E-state index contributed by atoms with van der Waals surface area (Å²) in [6.45, 7) is 10.2. The van der Waals surface area contributed by atoms with Crippen LogP contribution in [0, 0.1) is 0 Å². The fourth-order valence-corrected chi connectivity index (χ4v) is 1.53. The Labute approximate surface area is 83.7 Å². The molecule has 0 amide bonds. The summed E-state index contributed by atoms with van der Waals surface area (Å²) in [6.07, 6.45) is 3.74. The molecule has 13 heavy (non-hydrogen) atoms. The van der Waals surface area contributed by atoms with Crippen LogP contribution in [0.5, 0.6) is 0 Å². The summed E-state index contributed by atoms with van der Waals surface area (Å²) >= 11 is 0. The van der Waals surface area contributed by atoms with Crippen LogP contribution in [0.25, 0.3) is 0 Å². The van der Waals surface area contributed by atoms with Gasteiger partial charge in [0.05, 0.1) is 0 Å². The molecule has 0 bridgehead atoms. The fraction of sp³-hybridized carbons (Fsp3) is 1.00. The minimum absolute atomic E-state index is 0.718. The van der Waals surface area contributed by atoms with Crippen LogP contribution in [0.15, 0.2) is 0 Å². The Morgan fingerprint density at radius 3 is 2.15 bits per heavy atom. The lowest BCUT2D eigenvalue weighted by Gasteiger charge is -2.19. The Bertz CT molecular complexity index is 100. The van der Waals surface area contributed by atoms with E-state index in [4.69, 9.17) is 0 Å². The first-order chi connectivity index (χ1) is 6.24. The number of hydrogen-bond donors (Lipinski definition) is 1. The van der Waals surface area contributed by atoms with Crippen molar-refractivity contribution in [1.29, 1.82) is 0 Å². The van der Waals surface area contributed by atoms with Crippen LogP contribution in [-0.4, -0.2) is 37.6 Å². The van der Waals surface area contributed by atoms with Crippen molar-refractivity contribution in [1.82, 2.24) is 10.2 Å². The second kappa shape index (κ2) is 8.52. The first kappa shape index (κ1) is 12.9. The predicted molar refractivity (Wildman–Crippen MR) is 60.2 cm³/mol. The first-order valence-electron chi connectivity index (χ1n) is 5.66. The average Bonchev–Trinajstić information content (AvgIpc) is 2.13. The van der Waals surface area contributed by atoms with Crippen molar-refractivity contribution in [2.45, 2.75) is 46.1 Å². The van der Waals surface area contributed by atoms with Crippen LogP contribution in [0.4, 0.5) is 0 Å². The van der Waals surface area contributed by atoms with Crippen LogP contribution in [0.2, 0.25) is 0 Å². The number of nitrogens with zero attached hydrogens (tertiary/aromatic N) is 1. The van der Waals surface area contributed by atoms with E-state index in [0.29, 0.717) is 0 Å². The molecule has 0 fully saturated rings. The summed E-state index contributed by atoms with van der Waals surface area (Å²) < 4.78 is 0. The van der Waals surface area contributed by atoms with Gasteiger partial charge >= 0.3 is 0 Å². The Hall–Kier alpha value is -0.0800. The summed E-state index contributed by atoms with van der Waals surface area (Å²) in [5.41, 5.74) is 0. The molecule has 0 atom stereocenters. The molecule has 0 radical (unpaired) electrons. The third-order valence-corrected chi connectivity index (χ3v) is 2.52. The third-order valence-electron chi connectivity index (χ3n) is 2.52. The lowest BCUT2D eigenvalue weighted by atomic mass is 10.2. The second-order valence-corrected chi connectivity index (χ2v) is 3.77. The quantitative estimate of drug-likeness (QED) is 0.624. The highest BCUT2D eigenvalue weighted by Crippen LogP contribution is 1.95. The van der Waals surface area contributed by atoms with Crippen molar-refractivity contribution in [3.63, 3.8) is 0 Å². The van der Waals surface area contributed by atoms with Gasteiger partial charge in [-0.3, -0.25) is 0 Å². The van der Waals surface area contributed by atoms with Crippen molar-refractivity contribution in [2.75, 3.05) is 26.7 Å². The van der Waals surface area contributed by atoms with E-state index in [2.05, 4.69) is 38.0 Å². The molecular weight excluding hydrogens is 160 g/mol. The van der Waals surface area contributed by atoms with Crippen molar-refractivity contribution in [3.05, 3.63) is 0 Å². The van der Waals surface area contributed by atoms with Crippen LogP contribution >= 0.6 is 0 Å². The molecule has 0 aromatic heterocycles. The molecule has 0 aliphatic rings. The molecule has 0 spiro atoms. The van der Waals surface area contributed by atoms with Crippen LogP contribution in [-0.2, 0) is 0 Å². The molecule has 0 aromatic carbocycles. The van der Waals surface area contributed by atoms with E-state index < -0.39 is 0 Å². The Balaban J connectivity index is 3.32. The summed E-state index contributed by atoms with van der Waals surface area (Å²) in [6, 6.07) is 0.718. The van der Waals surface area contributed by atoms with Crippen molar-refractivity contribution in [2.24, 2.45) is 0 Å². The van der Waals surface area contributed by atoms with Gasteiger partial charge in [0.25, 0.3) is 0 Å². The molecular formula is C11H26N2. The molecule has 0 rings (SSSR count). The van der Waals surface area contributed by atoms with Gasteiger partial charge in [-0.1, -0.05) is 20.8 Å². The number of rotatable bonds is 8. The van der Waals surface area contributed by atoms with Gasteiger partial charge in [-0.05, 0) is 32.9 Å².